The molecule has 1 aliphatic carbocycles. The Bertz CT molecular complexity index is 977. The van der Waals surface area contributed by atoms with E-state index in [-0.39, 0.29) is 5.91 Å². The van der Waals surface area contributed by atoms with Gasteiger partial charge in [-0.25, -0.2) is 19.9 Å². The number of nitrogens with zero attached hydrogens (tertiary/aromatic N) is 6. The Morgan fingerprint density at radius 1 is 1.12 bits per heavy atom. The first-order valence-corrected chi connectivity index (χ1v) is 8.27. The van der Waals surface area contributed by atoms with Gasteiger partial charge in [0.05, 0.1) is 18.8 Å². The SMILES string of the molecule is COc1ncc(-c2c3n(c4cncnc24)CCN(C2CC2)C3=O)cn1. The van der Waals surface area contributed by atoms with Crippen molar-refractivity contribution in [1.29, 1.82) is 0 Å². The van der Waals surface area contributed by atoms with Gasteiger partial charge in [-0.3, -0.25) is 4.79 Å². The summed E-state index contributed by atoms with van der Waals surface area (Å²) in [5, 5.41) is 0. The van der Waals surface area contributed by atoms with Crippen molar-refractivity contribution in [2.75, 3.05) is 13.7 Å². The highest BCUT2D eigenvalue weighted by Crippen LogP contribution is 2.38. The smallest absolute Gasteiger partial charge is 0.316 e. The second-order valence-corrected chi connectivity index (χ2v) is 6.32. The number of amides is 1. The zero-order valence-corrected chi connectivity index (χ0v) is 13.7. The molecule has 1 fully saturated rings. The van der Waals surface area contributed by atoms with E-state index < -0.39 is 0 Å². The Morgan fingerprint density at radius 3 is 2.64 bits per heavy atom. The van der Waals surface area contributed by atoms with Crippen LogP contribution in [0.1, 0.15) is 23.3 Å². The lowest BCUT2D eigenvalue weighted by atomic mass is 10.1. The van der Waals surface area contributed by atoms with Crippen molar-refractivity contribution in [1.82, 2.24) is 29.4 Å². The first kappa shape index (κ1) is 14.3. The molecular weight excluding hydrogens is 320 g/mol. The van der Waals surface area contributed by atoms with Crippen LogP contribution in [0.25, 0.3) is 22.2 Å². The van der Waals surface area contributed by atoms with Crippen LogP contribution in [0.5, 0.6) is 6.01 Å². The summed E-state index contributed by atoms with van der Waals surface area (Å²) in [6, 6.07) is 0.673. The number of aromatic nitrogens is 5. The van der Waals surface area contributed by atoms with Gasteiger partial charge in [-0.05, 0) is 12.8 Å². The summed E-state index contributed by atoms with van der Waals surface area (Å²) in [6.07, 6.45) is 8.80. The van der Waals surface area contributed by atoms with Crippen molar-refractivity contribution in [2.45, 2.75) is 25.4 Å². The standard InChI is InChI=1S/C17H16N6O2/c1-25-17-19-6-10(7-20-17)13-14-12(8-18-9-21-14)23-5-4-22(11-2-3-11)16(24)15(13)23/h6-9,11H,2-5H2,1H3. The van der Waals surface area contributed by atoms with Crippen LogP contribution >= 0.6 is 0 Å². The predicted octanol–water partition coefficient (Wildman–Crippen LogP) is 1.52. The maximum Gasteiger partial charge on any atom is 0.316 e. The Kier molecular flexibility index (Phi) is 3.00. The van der Waals surface area contributed by atoms with Crippen molar-refractivity contribution >= 4 is 16.9 Å². The molecule has 0 atom stereocenters. The maximum absolute atomic E-state index is 13.2. The van der Waals surface area contributed by atoms with Crippen LogP contribution in [-0.4, -0.2) is 55.0 Å². The third-order valence-corrected chi connectivity index (χ3v) is 4.84. The Morgan fingerprint density at radius 2 is 1.92 bits per heavy atom. The third-order valence-electron chi connectivity index (χ3n) is 4.84. The first-order valence-electron chi connectivity index (χ1n) is 8.27. The first-order chi connectivity index (χ1) is 12.3. The van der Waals surface area contributed by atoms with E-state index in [1.165, 1.54) is 13.4 Å². The van der Waals surface area contributed by atoms with Gasteiger partial charge >= 0.3 is 6.01 Å². The molecule has 0 radical (unpaired) electrons. The highest BCUT2D eigenvalue weighted by molar-refractivity contribution is 6.09. The number of methoxy groups -OCH3 is 1. The molecule has 0 saturated heterocycles. The molecule has 3 aromatic heterocycles. The van der Waals surface area contributed by atoms with Gasteiger partial charge in [-0.1, -0.05) is 0 Å². The third kappa shape index (κ3) is 2.10. The molecule has 126 valence electrons. The van der Waals surface area contributed by atoms with Crippen LogP contribution < -0.4 is 4.74 Å². The van der Waals surface area contributed by atoms with E-state index in [0.29, 0.717) is 17.7 Å². The number of ether oxygens (including phenoxy) is 1. The lowest BCUT2D eigenvalue weighted by Crippen LogP contribution is -2.41. The molecule has 1 saturated carbocycles. The molecule has 0 bridgehead atoms. The number of hydrogen-bond acceptors (Lipinski definition) is 6. The summed E-state index contributed by atoms with van der Waals surface area (Å²) in [5.74, 6) is 0.0533. The van der Waals surface area contributed by atoms with Crippen LogP contribution in [0.2, 0.25) is 0 Å². The number of hydrogen-bond donors (Lipinski definition) is 0. The van der Waals surface area contributed by atoms with Gasteiger partial charge in [0, 0.05) is 42.7 Å². The lowest BCUT2D eigenvalue weighted by molar-refractivity contribution is 0.0694. The second kappa shape index (κ2) is 5.23. The van der Waals surface area contributed by atoms with Crippen molar-refractivity contribution in [3.8, 4) is 17.1 Å². The Balaban J connectivity index is 1.75. The summed E-state index contributed by atoms with van der Waals surface area (Å²) in [4.78, 5) is 32.1. The fourth-order valence-electron chi connectivity index (χ4n) is 3.54. The Labute approximate surface area is 143 Å². The van der Waals surface area contributed by atoms with Gasteiger partial charge in [-0.15, -0.1) is 0 Å². The summed E-state index contributed by atoms with van der Waals surface area (Å²) in [7, 11) is 1.52. The molecule has 0 N–H and O–H groups in total. The van der Waals surface area contributed by atoms with Gasteiger partial charge in [0.2, 0.25) is 0 Å². The topological polar surface area (TPSA) is 86.0 Å². The lowest BCUT2D eigenvalue weighted by Gasteiger charge is -2.29. The molecule has 2 aliphatic rings. The normalized spacial score (nSPS) is 17.0. The average Bonchev–Trinajstić information content (AvgIpc) is 3.44. The van der Waals surface area contributed by atoms with E-state index in [1.807, 2.05) is 9.47 Å². The molecule has 1 amide bonds. The number of carbonyl (C=O) groups is 1. The van der Waals surface area contributed by atoms with Crippen molar-refractivity contribution in [3.63, 3.8) is 0 Å². The van der Waals surface area contributed by atoms with Gasteiger partial charge in [-0.2, -0.15) is 0 Å². The molecule has 3 aromatic rings. The van der Waals surface area contributed by atoms with Crippen LogP contribution in [0.3, 0.4) is 0 Å². The van der Waals surface area contributed by atoms with Crippen molar-refractivity contribution in [3.05, 3.63) is 30.6 Å². The highest BCUT2D eigenvalue weighted by atomic mass is 16.5. The molecule has 1 aliphatic heterocycles. The van der Waals surface area contributed by atoms with Crippen LogP contribution in [-0.2, 0) is 6.54 Å². The molecular formula is C17H16N6O2. The molecule has 5 rings (SSSR count). The second-order valence-electron chi connectivity index (χ2n) is 6.32. The number of fused-ring (bicyclic) bond motifs is 3. The summed E-state index contributed by atoms with van der Waals surface area (Å²) < 4.78 is 7.06. The molecule has 0 spiro atoms. The summed E-state index contributed by atoms with van der Waals surface area (Å²) in [5.41, 5.74) is 3.80. The Hall–Kier alpha value is -3.03. The number of rotatable bonds is 3. The minimum absolute atomic E-state index is 0.0533. The minimum Gasteiger partial charge on any atom is -0.467 e. The van der Waals surface area contributed by atoms with Gasteiger partial charge < -0.3 is 14.2 Å². The van der Waals surface area contributed by atoms with Gasteiger partial charge in [0.1, 0.15) is 17.5 Å². The van der Waals surface area contributed by atoms with Crippen LogP contribution in [0.15, 0.2) is 24.9 Å². The van der Waals surface area contributed by atoms with E-state index in [9.17, 15) is 4.79 Å². The van der Waals surface area contributed by atoms with Crippen molar-refractivity contribution < 1.29 is 9.53 Å². The van der Waals surface area contributed by atoms with E-state index in [2.05, 4.69) is 19.9 Å². The fraction of sp³-hybridized carbons (Fsp3) is 0.353. The van der Waals surface area contributed by atoms with E-state index in [1.54, 1.807) is 18.6 Å². The average molecular weight is 336 g/mol. The molecule has 4 heterocycles. The minimum atomic E-state index is 0.0533. The zero-order valence-electron chi connectivity index (χ0n) is 13.7. The quantitative estimate of drug-likeness (QED) is 0.721. The van der Waals surface area contributed by atoms with Crippen LogP contribution in [0.4, 0.5) is 0 Å². The van der Waals surface area contributed by atoms with Gasteiger partial charge in [0.25, 0.3) is 5.91 Å². The maximum atomic E-state index is 13.2. The largest absolute Gasteiger partial charge is 0.467 e. The molecule has 8 nitrogen and oxygen atoms in total. The molecule has 8 heteroatoms. The number of carbonyl (C=O) groups excluding carboxylic acids is 1. The van der Waals surface area contributed by atoms with Gasteiger partial charge in [0.15, 0.2) is 0 Å². The summed E-state index contributed by atoms with van der Waals surface area (Å²) >= 11 is 0. The van der Waals surface area contributed by atoms with E-state index in [4.69, 9.17) is 4.74 Å². The zero-order chi connectivity index (χ0) is 17.0. The molecule has 0 unspecified atom stereocenters. The molecule has 25 heavy (non-hydrogen) atoms. The van der Waals surface area contributed by atoms with Crippen LogP contribution in [0, 0.1) is 0 Å². The highest BCUT2D eigenvalue weighted by Gasteiger charge is 2.39. The van der Waals surface area contributed by atoms with Crippen molar-refractivity contribution in [2.24, 2.45) is 0 Å². The summed E-state index contributed by atoms with van der Waals surface area (Å²) in [6.45, 7) is 1.48. The van der Waals surface area contributed by atoms with E-state index in [0.717, 1.165) is 48.1 Å². The predicted molar refractivity (Wildman–Crippen MR) is 89.2 cm³/mol. The monoisotopic (exact) mass is 336 g/mol. The molecule has 0 aromatic carbocycles. The fourth-order valence-corrected chi connectivity index (χ4v) is 3.54. The van der Waals surface area contributed by atoms with E-state index >= 15 is 0 Å².